The number of amides is 1. The smallest absolute Gasteiger partial charge is 0.261 e. The first-order valence-corrected chi connectivity index (χ1v) is 8.99. The van der Waals surface area contributed by atoms with Gasteiger partial charge in [0.1, 0.15) is 17.1 Å². The van der Waals surface area contributed by atoms with Gasteiger partial charge in [0.2, 0.25) is 0 Å². The van der Waals surface area contributed by atoms with Crippen LogP contribution in [0.15, 0.2) is 35.1 Å². The lowest BCUT2D eigenvalue weighted by atomic mass is 10.1. The molecule has 1 aromatic carbocycles. The summed E-state index contributed by atoms with van der Waals surface area (Å²) in [6.07, 6.45) is 3.63. The first-order valence-electron chi connectivity index (χ1n) is 8.99. The molecule has 1 aliphatic heterocycles. The van der Waals surface area contributed by atoms with Gasteiger partial charge in [0.05, 0.1) is 13.7 Å². The number of rotatable bonds is 5. The molecule has 1 aliphatic rings. The summed E-state index contributed by atoms with van der Waals surface area (Å²) in [7, 11) is 1.58. The molecule has 0 saturated heterocycles. The first kappa shape index (κ1) is 18.0. The predicted octanol–water partition coefficient (Wildman–Crippen LogP) is 3.23. The molecule has 0 aliphatic carbocycles. The number of anilines is 1. The lowest BCUT2D eigenvalue weighted by Gasteiger charge is -2.18. The van der Waals surface area contributed by atoms with Gasteiger partial charge in [-0.15, -0.1) is 0 Å². The number of hydrogen-bond donors (Lipinski definition) is 1. The number of nitrogens with zero attached hydrogens (tertiary/aromatic N) is 1. The van der Waals surface area contributed by atoms with E-state index in [0.29, 0.717) is 42.3 Å². The van der Waals surface area contributed by atoms with Gasteiger partial charge in [-0.2, -0.15) is 0 Å². The quantitative estimate of drug-likeness (QED) is 0.893. The monoisotopic (exact) mass is 356 g/mol. The summed E-state index contributed by atoms with van der Waals surface area (Å²) in [5, 5.41) is 2.91. The summed E-state index contributed by atoms with van der Waals surface area (Å²) in [5.41, 5.74) is 1.74. The molecule has 138 valence electrons. The second-order valence-corrected chi connectivity index (χ2v) is 6.25. The Bertz CT molecular complexity index is 857. The lowest BCUT2D eigenvalue weighted by Crippen LogP contribution is -2.28. The molecule has 0 spiro atoms. The van der Waals surface area contributed by atoms with E-state index in [9.17, 15) is 9.59 Å². The Hall–Kier alpha value is -2.76. The van der Waals surface area contributed by atoms with E-state index in [-0.39, 0.29) is 11.5 Å². The molecule has 6 nitrogen and oxygen atoms in total. The van der Waals surface area contributed by atoms with Crippen molar-refractivity contribution in [2.24, 2.45) is 0 Å². The minimum atomic E-state index is -0.271. The molecule has 2 aromatic rings. The van der Waals surface area contributed by atoms with Crippen molar-refractivity contribution in [2.75, 3.05) is 19.0 Å². The molecule has 2 heterocycles. The van der Waals surface area contributed by atoms with Crippen molar-refractivity contribution in [3.8, 4) is 11.5 Å². The van der Waals surface area contributed by atoms with Crippen LogP contribution in [0.3, 0.4) is 0 Å². The van der Waals surface area contributed by atoms with Crippen molar-refractivity contribution in [3.63, 3.8) is 0 Å². The molecule has 1 amide bonds. The number of carbonyl (C=O) groups excluding carboxylic acids is 1. The third kappa shape index (κ3) is 3.74. The summed E-state index contributed by atoms with van der Waals surface area (Å²) in [6.45, 7) is 2.87. The SMILES string of the molecule is CCOc1cc(=O)n2c(c1C(=O)Nc1cccc(OC)c1)CCCCC2. The molecule has 0 bridgehead atoms. The van der Waals surface area contributed by atoms with E-state index in [1.54, 1.807) is 23.8 Å². The van der Waals surface area contributed by atoms with Gasteiger partial charge in [-0.05, 0) is 38.3 Å². The highest BCUT2D eigenvalue weighted by atomic mass is 16.5. The first-order chi connectivity index (χ1) is 12.6. The van der Waals surface area contributed by atoms with Crippen molar-refractivity contribution in [1.82, 2.24) is 4.57 Å². The molecule has 0 atom stereocenters. The van der Waals surface area contributed by atoms with E-state index >= 15 is 0 Å². The minimum absolute atomic E-state index is 0.108. The Labute approximate surface area is 152 Å². The van der Waals surface area contributed by atoms with Crippen LogP contribution in [0.25, 0.3) is 0 Å². The third-order valence-electron chi connectivity index (χ3n) is 4.53. The van der Waals surface area contributed by atoms with Crippen molar-refractivity contribution in [1.29, 1.82) is 0 Å². The fourth-order valence-corrected chi connectivity index (χ4v) is 3.32. The molecule has 3 rings (SSSR count). The molecule has 6 heteroatoms. The van der Waals surface area contributed by atoms with Crippen LogP contribution in [-0.2, 0) is 13.0 Å². The predicted molar refractivity (Wildman–Crippen MR) is 100 cm³/mol. The number of hydrogen-bond acceptors (Lipinski definition) is 4. The van der Waals surface area contributed by atoms with Crippen LogP contribution in [0.5, 0.6) is 11.5 Å². The van der Waals surface area contributed by atoms with Crippen molar-refractivity contribution in [2.45, 2.75) is 39.2 Å². The van der Waals surface area contributed by atoms with Gasteiger partial charge >= 0.3 is 0 Å². The van der Waals surface area contributed by atoms with Crippen molar-refractivity contribution < 1.29 is 14.3 Å². The number of nitrogens with one attached hydrogen (secondary N) is 1. The second-order valence-electron chi connectivity index (χ2n) is 6.25. The van der Waals surface area contributed by atoms with E-state index in [1.165, 1.54) is 6.07 Å². The Morgan fingerprint density at radius 2 is 2.08 bits per heavy atom. The number of methoxy groups -OCH3 is 1. The Morgan fingerprint density at radius 3 is 2.85 bits per heavy atom. The van der Waals surface area contributed by atoms with Gasteiger partial charge in [-0.25, -0.2) is 0 Å². The van der Waals surface area contributed by atoms with Gasteiger partial charge < -0.3 is 19.4 Å². The standard InChI is InChI=1S/C20H24N2O4/c1-3-26-17-13-18(23)22-11-6-4-5-10-16(22)19(17)20(24)21-14-8-7-9-15(12-14)25-2/h7-9,12-13H,3-6,10-11H2,1-2H3,(H,21,24). The molecule has 0 unspecified atom stereocenters. The van der Waals surface area contributed by atoms with Crippen molar-refractivity contribution in [3.05, 3.63) is 51.9 Å². The van der Waals surface area contributed by atoms with Crippen LogP contribution < -0.4 is 20.3 Å². The average Bonchev–Trinajstić information content (AvgIpc) is 2.88. The summed E-state index contributed by atoms with van der Waals surface area (Å²) >= 11 is 0. The summed E-state index contributed by atoms with van der Waals surface area (Å²) in [5.74, 6) is 0.745. The zero-order valence-corrected chi connectivity index (χ0v) is 15.2. The lowest BCUT2D eigenvalue weighted by molar-refractivity contribution is 0.102. The van der Waals surface area contributed by atoms with E-state index in [0.717, 1.165) is 25.0 Å². The number of fused-ring (bicyclic) bond motifs is 1. The van der Waals surface area contributed by atoms with Gasteiger partial charge in [0.15, 0.2) is 0 Å². The number of ether oxygens (including phenoxy) is 2. The van der Waals surface area contributed by atoms with Crippen LogP contribution in [0, 0.1) is 0 Å². The van der Waals surface area contributed by atoms with Gasteiger partial charge in [0.25, 0.3) is 11.5 Å². The third-order valence-corrected chi connectivity index (χ3v) is 4.53. The minimum Gasteiger partial charge on any atom is -0.497 e. The maximum absolute atomic E-state index is 13.1. The summed E-state index contributed by atoms with van der Waals surface area (Å²) in [6, 6.07) is 8.61. The Morgan fingerprint density at radius 1 is 1.23 bits per heavy atom. The van der Waals surface area contributed by atoms with Gasteiger partial charge in [0, 0.05) is 30.1 Å². The van der Waals surface area contributed by atoms with Crippen molar-refractivity contribution >= 4 is 11.6 Å². The van der Waals surface area contributed by atoms with Gasteiger partial charge in [-0.1, -0.05) is 12.5 Å². The molecule has 1 N–H and O–H groups in total. The Kier molecular flexibility index (Phi) is 5.61. The zero-order chi connectivity index (χ0) is 18.5. The molecular weight excluding hydrogens is 332 g/mol. The highest BCUT2D eigenvalue weighted by Crippen LogP contribution is 2.26. The molecule has 1 aromatic heterocycles. The molecule has 26 heavy (non-hydrogen) atoms. The normalized spacial score (nSPS) is 13.5. The van der Waals surface area contributed by atoms with Crippen LogP contribution >= 0.6 is 0 Å². The van der Waals surface area contributed by atoms with Crippen LogP contribution in [0.4, 0.5) is 5.69 Å². The van der Waals surface area contributed by atoms with E-state index < -0.39 is 0 Å². The number of benzene rings is 1. The number of carbonyl (C=O) groups is 1. The van der Waals surface area contributed by atoms with E-state index in [1.807, 2.05) is 19.1 Å². The molecule has 0 saturated carbocycles. The maximum atomic E-state index is 13.1. The summed E-state index contributed by atoms with van der Waals surface area (Å²) in [4.78, 5) is 25.5. The Balaban J connectivity index is 2.03. The molecule has 0 radical (unpaired) electrons. The highest BCUT2D eigenvalue weighted by molar-refractivity contribution is 6.07. The van der Waals surface area contributed by atoms with Crippen LogP contribution in [-0.4, -0.2) is 24.2 Å². The number of pyridine rings is 1. The fourth-order valence-electron chi connectivity index (χ4n) is 3.32. The average molecular weight is 356 g/mol. The largest absolute Gasteiger partial charge is 0.497 e. The maximum Gasteiger partial charge on any atom is 0.261 e. The van der Waals surface area contributed by atoms with Crippen LogP contribution in [0.1, 0.15) is 42.2 Å². The van der Waals surface area contributed by atoms with E-state index in [2.05, 4.69) is 5.32 Å². The topological polar surface area (TPSA) is 69.6 Å². The zero-order valence-electron chi connectivity index (χ0n) is 15.2. The highest BCUT2D eigenvalue weighted by Gasteiger charge is 2.24. The number of aromatic nitrogens is 1. The van der Waals surface area contributed by atoms with Gasteiger partial charge in [-0.3, -0.25) is 9.59 Å². The van der Waals surface area contributed by atoms with Crippen LogP contribution in [0.2, 0.25) is 0 Å². The molecular formula is C20H24N2O4. The fraction of sp³-hybridized carbons (Fsp3) is 0.400. The van der Waals surface area contributed by atoms with E-state index in [4.69, 9.17) is 9.47 Å². The second kappa shape index (κ2) is 8.08. The summed E-state index contributed by atoms with van der Waals surface area (Å²) < 4.78 is 12.6. The molecule has 0 fully saturated rings.